The lowest BCUT2D eigenvalue weighted by Crippen LogP contribution is -2.52. The molecule has 1 saturated heterocycles. The molecule has 2 aliphatic rings. The number of benzene rings is 2. The van der Waals surface area contributed by atoms with E-state index in [4.69, 9.17) is 0 Å². The van der Waals surface area contributed by atoms with Gasteiger partial charge in [-0.3, -0.25) is 24.5 Å². The smallest absolute Gasteiger partial charge is 0.255 e. The molecule has 1 fully saturated rings. The van der Waals surface area contributed by atoms with Crippen molar-refractivity contribution < 1.29 is 19.2 Å². The van der Waals surface area contributed by atoms with Crippen LogP contribution >= 0.6 is 22.6 Å². The number of rotatable bonds is 6. The van der Waals surface area contributed by atoms with E-state index in [0.717, 1.165) is 20.4 Å². The average Bonchev–Trinajstić information content (AvgIpc) is 3.06. The van der Waals surface area contributed by atoms with Gasteiger partial charge in [-0.05, 0) is 52.3 Å². The van der Waals surface area contributed by atoms with Crippen LogP contribution in [-0.4, -0.2) is 41.1 Å². The summed E-state index contributed by atoms with van der Waals surface area (Å²) < 4.78 is 0.811. The van der Waals surface area contributed by atoms with Gasteiger partial charge in [-0.25, -0.2) is 0 Å². The number of carbonyl (C=O) groups excluding carboxylic acids is 4. The molecule has 2 heterocycles. The molecule has 4 rings (SSSR count). The fourth-order valence-electron chi connectivity index (χ4n) is 3.76. The second kappa shape index (κ2) is 9.04. The molecule has 2 aromatic rings. The topological polar surface area (TPSA) is 108 Å². The third-order valence-electron chi connectivity index (χ3n) is 5.38. The Bertz CT molecular complexity index is 1060. The zero-order valence-electron chi connectivity index (χ0n) is 16.6. The number of piperidine rings is 1. The predicted molar refractivity (Wildman–Crippen MR) is 122 cm³/mol. The third-order valence-corrected chi connectivity index (χ3v) is 6.28. The van der Waals surface area contributed by atoms with E-state index in [9.17, 15) is 19.2 Å². The fraction of sp³-hybridized carbons (Fsp3) is 0.273. The van der Waals surface area contributed by atoms with E-state index in [1.54, 1.807) is 6.07 Å². The minimum absolute atomic E-state index is 0.104. The van der Waals surface area contributed by atoms with Crippen LogP contribution in [-0.2, 0) is 27.5 Å². The van der Waals surface area contributed by atoms with E-state index < -0.39 is 11.9 Å². The Morgan fingerprint density at radius 3 is 2.68 bits per heavy atom. The maximum atomic E-state index is 12.8. The van der Waals surface area contributed by atoms with E-state index in [1.165, 1.54) is 4.90 Å². The Hall–Kier alpha value is -2.95. The van der Waals surface area contributed by atoms with Gasteiger partial charge >= 0.3 is 0 Å². The lowest BCUT2D eigenvalue weighted by atomic mass is 10.0. The monoisotopic (exact) mass is 532 g/mol. The summed E-state index contributed by atoms with van der Waals surface area (Å²) >= 11 is 2.12. The molecule has 3 N–H and O–H groups in total. The van der Waals surface area contributed by atoms with Gasteiger partial charge in [0.1, 0.15) is 6.04 Å². The summed E-state index contributed by atoms with van der Waals surface area (Å²) in [6.45, 7) is 0.858. The second-order valence-corrected chi connectivity index (χ2v) is 8.67. The van der Waals surface area contributed by atoms with E-state index in [1.807, 2.05) is 36.4 Å². The molecule has 160 valence electrons. The Kier molecular flexibility index (Phi) is 6.21. The van der Waals surface area contributed by atoms with Gasteiger partial charge < -0.3 is 15.5 Å². The third kappa shape index (κ3) is 4.71. The highest BCUT2D eigenvalue weighted by Gasteiger charge is 2.39. The van der Waals surface area contributed by atoms with Crippen molar-refractivity contribution in [1.82, 2.24) is 15.5 Å². The number of carbonyl (C=O) groups is 4. The molecule has 2 aliphatic heterocycles. The molecule has 1 unspecified atom stereocenters. The summed E-state index contributed by atoms with van der Waals surface area (Å²) in [6.07, 6.45) is 0.549. The number of hydrogen-bond acceptors (Lipinski definition) is 5. The van der Waals surface area contributed by atoms with Crippen molar-refractivity contribution in [1.29, 1.82) is 0 Å². The largest absolute Gasteiger partial charge is 0.375 e. The van der Waals surface area contributed by atoms with Gasteiger partial charge in [0, 0.05) is 34.3 Å². The Morgan fingerprint density at radius 2 is 1.94 bits per heavy atom. The highest BCUT2D eigenvalue weighted by Crippen LogP contribution is 2.32. The van der Waals surface area contributed by atoms with Crippen LogP contribution in [0.3, 0.4) is 0 Å². The molecule has 0 saturated carbocycles. The molecule has 8 nitrogen and oxygen atoms in total. The average molecular weight is 532 g/mol. The normalized spacial score (nSPS) is 17.9. The van der Waals surface area contributed by atoms with Gasteiger partial charge in [-0.1, -0.05) is 30.3 Å². The van der Waals surface area contributed by atoms with Crippen molar-refractivity contribution in [2.45, 2.75) is 32.0 Å². The van der Waals surface area contributed by atoms with Crippen molar-refractivity contribution >= 4 is 51.9 Å². The lowest BCUT2D eigenvalue weighted by molar-refractivity contribution is -0.137. The van der Waals surface area contributed by atoms with Crippen LogP contribution < -0.4 is 16.0 Å². The van der Waals surface area contributed by atoms with E-state index >= 15 is 0 Å². The van der Waals surface area contributed by atoms with Crippen LogP contribution in [0.2, 0.25) is 0 Å². The summed E-state index contributed by atoms with van der Waals surface area (Å²) in [5.74, 6) is -1.09. The van der Waals surface area contributed by atoms with E-state index in [-0.39, 0.29) is 30.7 Å². The first-order valence-corrected chi connectivity index (χ1v) is 11.0. The minimum atomic E-state index is -0.643. The van der Waals surface area contributed by atoms with Gasteiger partial charge in [0.2, 0.25) is 17.7 Å². The highest BCUT2D eigenvalue weighted by molar-refractivity contribution is 14.1. The van der Waals surface area contributed by atoms with Crippen LogP contribution in [0.15, 0.2) is 42.5 Å². The molecule has 4 amide bonds. The molecule has 0 aliphatic carbocycles. The molecule has 0 aromatic heterocycles. The highest BCUT2D eigenvalue weighted by atomic mass is 127. The number of anilines is 1. The summed E-state index contributed by atoms with van der Waals surface area (Å²) in [6, 6.07) is 12.6. The lowest BCUT2D eigenvalue weighted by Gasteiger charge is -2.29. The van der Waals surface area contributed by atoms with Crippen molar-refractivity contribution in [2.75, 3.05) is 11.9 Å². The first kappa shape index (κ1) is 21.3. The summed E-state index contributed by atoms with van der Waals surface area (Å²) in [7, 11) is 0. The van der Waals surface area contributed by atoms with Crippen LogP contribution in [0, 0.1) is 3.57 Å². The number of nitrogens with one attached hydrogen (secondary N) is 3. The van der Waals surface area contributed by atoms with Gasteiger partial charge in [-0.15, -0.1) is 0 Å². The Balaban J connectivity index is 1.39. The quantitative estimate of drug-likeness (QED) is 0.389. The molecule has 2 aromatic carbocycles. The zero-order valence-corrected chi connectivity index (χ0v) is 18.8. The molecule has 0 spiro atoms. The number of amides is 4. The van der Waals surface area contributed by atoms with Crippen molar-refractivity contribution in [3.63, 3.8) is 0 Å². The van der Waals surface area contributed by atoms with Gasteiger partial charge in [0.05, 0.1) is 6.54 Å². The Labute approximate surface area is 192 Å². The number of nitrogens with zero attached hydrogens (tertiary/aromatic N) is 1. The molecular formula is C22H21IN4O4. The summed E-state index contributed by atoms with van der Waals surface area (Å²) in [4.78, 5) is 50.1. The second-order valence-electron chi connectivity index (χ2n) is 7.51. The molecule has 9 heteroatoms. The maximum absolute atomic E-state index is 12.8. The summed E-state index contributed by atoms with van der Waals surface area (Å²) in [5.41, 5.74) is 3.12. The standard InChI is InChI=1S/C22H21IN4O4/c23-16-9-15-14(12-27(22(15)31)18-6-7-19(28)26-21(18)30)8-17(16)24-11-20(29)25-10-13-4-2-1-3-5-13/h1-5,8-9,18,24H,6-7,10-12H2,(H,25,29)(H,26,28,30). The first-order valence-electron chi connectivity index (χ1n) is 9.94. The summed E-state index contributed by atoms with van der Waals surface area (Å²) in [5, 5.41) is 8.30. The number of fused-ring (bicyclic) bond motifs is 1. The number of halogens is 1. The van der Waals surface area contributed by atoms with E-state index in [0.29, 0.717) is 25.1 Å². The SMILES string of the molecule is O=C(CNc1cc2c(cc1I)C(=O)N(C1CCC(=O)NC1=O)C2)NCc1ccccc1. The first-order chi connectivity index (χ1) is 14.9. The molecule has 0 bridgehead atoms. The van der Waals surface area contributed by atoms with Crippen molar-refractivity contribution in [3.8, 4) is 0 Å². The van der Waals surface area contributed by atoms with Crippen molar-refractivity contribution in [3.05, 3.63) is 62.7 Å². The van der Waals surface area contributed by atoms with Gasteiger partial charge in [0.15, 0.2) is 0 Å². The van der Waals surface area contributed by atoms with Crippen LogP contribution in [0.4, 0.5) is 5.69 Å². The molecule has 31 heavy (non-hydrogen) atoms. The minimum Gasteiger partial charge on any atom is -0.375 e. The maximum Gasteiger partial charge on any atom is 0.255 e. The van der Waals surface area contributed by atoms with Crippen molar-refractivity contribution in [2.24, 2.45) is 0 Å². The molecule has 1 atom stereocenters. The number of hydrogen-bond donors (Lipinski definition) is 3. The van der Waals surface area contributed by atoms with E-state index in [2.05, 4.69) is 38.5 Å². The van der Waals surface area contributed by atoms with Crippen LogP contribution in [0.25, 0.3) is 0 Å². The number of imide groups is 1. The molecular weight excluding hydrogens is 511 g/mol. The predicted octanol–water partition coefficient (Wildman–Crippen LogP) is 1.78. The van der Waals surface area contributed by atoms with Crippen LogP contribution in [0.5, 0.6) is 0 Å². The van der Waals surface area contributed by atoms with Gasteiger partial charge in [0.25, 0.3) is 5.91 Å². The Morgan fingerprint density at radius 1 is 1.16 bits per heavy atom. The fourth-order valence-corrected chi connectivity index (χ4v) is 4.42. The molecule has 0 radical (unpaired) electrons. The zero-order chi connectivity index (χ0) is 22.0. The van der Waals surface area contributed by atoms with Crippen LogP contribution in [0.1, 0.15) is 34.3 Å². The van der Waals surface area contributed by atoms with Gasteiger partial charge in [-0.2, -0.15) is 0 Å².